The van der Waals surface area contributed by atoms with E-state index in [4.69, 9.17) is 0 Å². The van der Waals surface area contributed by atoms with Gasteiger partial charge in [-0.15, -0.1) is 0 Å². The Morgan fingerprint density at radius 1 is 0.604 bits per heavy atom. The molecule has 2 aliphatic heterocycles. The molecule has 0 unspecified atom stereocenters. The third kappa shape index (κ3) is 16.1. The lowest BCUT2D eigenvalue weighted by molar-refractivity contribution is -0.137. The number of methoxy groups -OCH3 is 2. The van der Waals surface area contributed by atoms with E-state index in [1.54, 1.807) is 55.1 Å². The highest BCUT2D eigenvalue weighted by Gasteiger charge is 2.47. The fraction of sp³-hybridized carbons (Fsp3) is 0.355. The van der Waals surface area contributed by atoms with Crippen molar-refractivity contribution in [2.45, 2.75) is 114 Å². The summed E-state index contributed by atoms with van der Waals surface area (Å²) in [5, 5.41) is 33.3. The van der Waals surface area contributed by atoms with Crippen LogP contribution in [-0.2, 0) is 28.0 Å². The molecule has 29 heteroatoms. The van der Waals surface area contributed by atoms with Crippen LogP contribution in [-0.4, -0.2) is 126 Å². The molecule has 0 radical (unpaired) electrons. The van der Waals surface area contributed by atoms with Gasteiger partial charge in [-0.05, 0) is 156 Å². The Kier molecular flexibility index (Phi) is 21.5. The highest BCUT2D eigenvalue weighted by Crippen LogP contribution is 2.41. The molecule has 2 bridgehead atoms. The SMILES string of the molecule is CN[C@@H]1CCCC[C@H]1NC.COC(=O)c1cc(C(F)(F)F)c2[nH]ncc2c1.COC(=O)c1cc(C(F)(F)F)c2c(cnn2-c2cccc(C)n2)c1.Cc1cccc(-n2ncc3cc(C(=O)N[C@@H]4C[C@@H]5CC[C@H]4N5C#N)cc(C(F)(F)F)c32)n1.Cc1cccc(Br)n1. The van der Waals surface area contributed by atoms with Crippen molar-refractivity contribution >= 4 is 66.5 Å². The summed E-state index contributed by atoms with van der Waals surface area (Å²) in [4.78, 5) is 50.0. The van der Waals surface area contributed by atoms with Crippen molar-refractivity contribution in [2.75, 3.05) is 28.3 Å². The summed E-state index contributed by atoms with van der Waals surface area (Å²) in [6.07, 6.45) is -0.217. The first-order chi connectivity index (χ1) is 43.2. The van der Waals surface area contributed by atoms with Crippen molar-refractivity contribution in [3.63, 3.8) is 0 Å². The maximum absolute atomic E-state index is 14.0. The van der Waals surface area contributed by atoms with Crippen LogP contribution in [0.4, 0.5) is 39.5 Å². The van der Waals surface area contributed by atoms with Crippen LogP contribution in [0.2, 0.25) is 0 Å². The zero-order chi connectivity index (χ0) is 66.1. The van der Waals surface area contributed by atoms with Crippen molar-refractivity contribution in [3.8, 4) is 17.8 Å². The monoisotopic (exact) mass is 1330 g/mol. The molecule has 2 saturated heterocycles. The number of benzene rings is 3. The minimum absolute atomic E-state index is 0.0866. The number of hydrogen-bond donors (Lipinski definition) is 4. The van der Waals surface area contributed by atoms with E-state index in [0.29, 0.717) is 29.9 Å². The number of likely N-dealkylation sites (N-methyl/N-ethyl adjacent to an activating group) is 2. The molecule has 3 fully saturated rings. The Hall–Kier alpha value is -9.01. The number of halogens is 10. The number of H-pyrrole nitrogens is 1. The van der Waals surface area contributed by atoms with Crippen LogP contribution in [0.15, 0.2) is 114 Å². The van der Waals surface area contributed by atoms with E-state index < -0.39 is 53.1 Å². The number of esters is 2. The summed E-state index contributed by atoms with van der Waals surface area (Å²) in [7, 11) is 6.33. The van der Waals surface area contributed by atoms with Gasteiger partial charge in [0.15, 0.2) is 17.8 Å². The Morgan fingerprint density at radius 2 is 1.07 bits per heavy atom. The lowest BCUT2D eigenvalue weighted by Gasteiger charge is -2.30. The summed E-state index contributed by atoms with van der Waals surface area (Å²) in [6.45, 7) is 5.44. The molecule has 91 heavy (non-hydrogen) atoms. The number of rotatable bonds is 8. The topological polar surface area (TPSA) is 236 Å². The molecule has 12 rings (SSSR count). The molecule has 9 aromatic rings. The molecule has 1 aliphatic carbocycles. The van der Waals surface area contributed by atoms with E-state index >= 15 is 0 Å². The highest BCUT2D eigenvalue weighted by molar-refractivity contribution is 9.10. The molecule has 3 aromatic carbocycles. The molecular formula is C62H62BrF9N14O5. The Labute approximate surface area is 523 Å². The third-order valence-corrected chi connectivity index (χ3v) is 15.8. The number of aromatic amines is 1. The predicted molar refractivity (Wildman–Crippen MR) is 322 cm³/mol. The molecule has 19 nitrogen and oxygen atoms in total. The zero-order valence-electron chi connectivity index (χ0n) is 50.0. The van der Waals surface area contributed by atoms with Gasteiger partial charge in [-0.2, -0.15) is 60.1 Å². The standard InChI is InChI=1S/C22H19F3N6O.C16H12F3N3O2.C10H7F3N2O2.C8H18N2.C6H6BrN/c1-12-3-2-4-19(28-12)31-20-14(10-27-31)7-13(8-16(20)22(23,24)25)21(32)29-17-9-15-5-6-18(17)30(15)11-26;1-9-4-3-5-13(21-9)22-14-11(8-20-22)6-10(15(23)24-2)7-12(14)16(17,18)19;1-17-9(16)5-2-6-4-14-15-8(6)7(3-5)10(11,12)13;1-9-7-5-3-4-6-8(7)10-2;1-5-3-2-4-6(7)8-5/h2-4,7-8,10,15,17-18H,5-6,9H2,1H3,(H,29,32);3-8H,1-2H3;2-4H,1H3,(H,14,15);7-10H,3-6H2,1-2H3;2-4H,1H3/t15-,17+,18+;;;7-,8-;/m0..1./s1. The summed E-state index contributed by atoms with van der Waals surface area (Å²) >= 11 is 3.25. The van der Waals surface area contributed by atoms with E-state index in [9.17, 15) is 59.2 Å². The van der Waals surface area contributed by atoms with Gasteiger partial charge in [0, 0.05) is 56.9 Å². The van der Waals surface area contributed by atoms with Gasteiger partial charge in [-0.3, -0.25) is 9.89 Å². The molecule has 4 N–H and O–H groups in total. The average molecular weight is 1330 g/mol. The number of alkyl halides is 9. The van der Waals surface area contributed by atoms with E-state index in [-0.39, 0.29) is 79.2 Å². The summed E-state index contributed by atoms with van der Waals surface area (Å²) < 4.78 is 133. The first kappa shape index (κ1) is 67.9. The zero-order valence-corrected chi connectivity index (χ0v) is 51.6. The number of aryl methyl sites for hydroxylation is 3. The summed E-state index contributed by atoms with van der Waals surface area (Å²) in [6, 6.07) is 23.4. The largest absolute Gasteiger partial charge is 0.465 e. The van der Waals surface area contributed by atoms with E-state index in [2.05, 4.69) is 97.0 Å². The fourth-order valence-corrected chi connectivity index (χ4v) is 11.6. The number of pyridine rings is 3. The number of nitriles is 1. The molecule has 8 heterocycles. The number of nitrogens with one attached hydrogen (secondary N) is 4. The average Bonchev–Trinajstić information content (AvgIpc) is 1.72. The van der Waals surface area contributed by atoms with Gasteiger partial charge in [0.1, 0.15) is 4.60 Å². The van der Waals surface area contributed by atoms with Gasteiger partial charge in [-0.1, -0.05) is 31.0 Å². The van der Waals surface area contributed by atoms with Crippen LogP contribution >= 0.6 is 15.9 Å². The van der Waals surface area contributed by atoms with E-state index in [0.717, 1.165) is 64.9 Å². The van der Waals surface area contributed by atoms with Gasteiger partial charge in [-0.25, -0.2) is 33.9 Å². The summed E-state index contributed by atoms with van der Waals surface area (Å²) in [5.41, 5.74) is -1.42. The van der Waals surface area contributed by atoms with Crippen molar-refractivity contribution in [1.29, 1.82) is 5.26 Å². The van der Waals surface area contributed by atoms with Gasteiger partial charge in [0.05, 0.1) is 89.3 Å². The normalized spacial score (nSPS) is 17.7. The van der Waals surface area contributed by atoms with Crippen LogP contribution in [0.1, 0.15) is 110 Å². The van der Waals surface area contributed by atoms with Gasteiger partial charge >= 0.3 is 30.5 Å². The van der Waals surface area contributed by atoms with Gasteiger partial charge in [0.25, 0.3) is 5.91 Å². The van der Waals surface area contributed by atoms with Gasteiger partial charge in [0.2, 0.25) is 0 Å². The van der Waals surface area contributed by atoms with Crippen LogP contribution in [0.3, 0.4) is 0 Å². The van der Waals surface area contributed by atoms with Crippen molar-refractivity contribution in [1.82, 2.24) is 65.6 Å². The first-order valence-corrected chi connectivity index (χ1v) is 29.2. The number of carbonyl (C=O) groups is 3. The second kappa shape index (κ2) is 28.9. The third-order valence-electron chi connectivity index (χ3n) is 15.4. The maximum atomic E-state index is 14.0. The maximum Gasteiger partial charge on any atom is 0.418 e. The Balaban J connectivity index is 0.000000159. The van der Waals surface area contributed by atoms with Crippen LogP contribution < -0.4 is 16.0 Å². The molecule has 5 atom stereocenters. The Morgan fingerprint density at radius 3 is 1.49 bits per heavy atom. The predicted octanol–water partition coefficient (Wildman–Crippen LogP) is 12.4. The molecule has 6 aromatic heterocycles. The number of amides is 1. The second-order valence-electron chi connectivity index (χ2n) is 21.4. The van der Waals surface area contributed by atoms with E-state index in [1.807, 2.05) is 25.1 Å². The lowest BCUT2D eigenvalue weighted by Crippen LogP contribution is -2.47. The molecular weight excluding hydrogens is 1270 g/mol. The van der Waals surface area contributed by atoms with Crippen LogP contribution in [0, 0.1) is 32.2 Å². The number of hydrogen-bond acceptors (Lipinski definition) is 15. The minimum Gasteiger partial charge on any atom is -0.465 e. The van der Waals surface area contributed by atoms with Crippen molar-refractivity contribution < 1.29 is 63.4 Å². The van der Waals surface area contributed by atoms with Crippen molar-refractivity contribution in [2.24, 2.45) is 0 Å². The lowest BCUT2D eigenvalue weighted by atomic mass is 9.91. The summed E-state index contributed by atoms with van der Waals surface area (Å²) in [5.74, 6) is -1.72. The van der Waals surface area contributed by atoms with Crippen LogP contribution in [0.25, 0.3) is 44.3 Å². The van der Waals surface area contributed by atoms with Crippen molar-refractivity contribution in [3.05, 3.63) is 165 Å². The first-order valence-electron chi connectivity index (χ1n) is 28.4. The van der Waals surface area contributed by atoms with E-state index in [1.165, 1.54) is 62.5 Å². The molecule has 3 aliphatic rings. The quantitative estimate of drug-likeness (QED) is 0.0479. The Bertz CT molecular complexity index is 4080. The highest BCUT2D eigenvalue weighted by atomic mass is 79.9. The molecule has 0 spiro atoms. The molecule has 480 valence electrons. The number of fused-ring (bicyclic) bond motifs is 5. The number of aromatic nitrogens is 9. The number of ether oxygens (including phenoxy) is 2. The number of nitrogens with zero attached hydrogens (tertiary/aromatic N) is 10. The second-order valence-corrected chi connectivity index (χ2v) is 22.3. The molecule has 1 saturated carbocycles. The van der Waals surface area contributed by atoms with Gasteiger partial charge < -0.3 is 30.3 Å². The smallest absolute Gasteiger partial charge is 0.418 e. The fourth-order valence-electron chi connectivity index (χ4n) is 11.2. The van der Waals surface area contributed by atoms with Crippen LogP contribution in [0.5, 0.6) is 0 Å². The molecule has 1 amide bonds. The minimum atomic E-state index is -4.69. The number of carbonyl (C=O) groups excluding carboxylic acids is 3.